The van der Waals surface area contributed by atoms with Crippen LogP contribution in [0, 0.1) is 11.2 Å². The van der Waals surface area contributed by atoms with E-state index in [1.807, 2.05) is 0 Å². The van der Waals surface area contributed by atoms with E-state index in [1.54, 1.807) is 12.1 Å². The maximum Gasteiger partial charge on any atom is 0.227 e. The Bertz CT molecular complexity index is 570. The van der Waals surface area contributed by atoms with Gasteiger partial charge in [0, 0.05) is 12.8 Å². The van der Waals surface area contributed by atoms with Gasteiger partial charge in [-0.15, -0.1) is 0 Å². The van der Waals surface area contributed by atoms with Gasteiger partial charge in [-0.25, -0.2) is 4.39 Å². The number of halogens is 1. The summed E-state index contributed by atoms with van der Waals surface area (Å²) in [5.41, 5.74) is 6.97. The molecule has 2 aromatic rings. The van der Waals surface area contributed by atoms with Gasteiger partial charge in [-0.05, 0) is 42.5 Å². The lowest BCUT2D eigenvalue weighted by Gasteiger charge is -2.39. The largest absolute Gasteiger partial charge is 0.339 e. The zero-order chi connectivity index (χ0) is 14.0. The van der Waals surface area contributed by atoms with E-state index in [9.17, 15) is 4.39 Å². The van der Waals surface area contributed by atoms with E-state index in [2.05, 4.69) is 10.1 Å². The van der Waals surface area contributed by atoms with Crippen LogP contribution in [0.5, 0.6) is 0 Å². The summed E-state index contributed by atoms with van der Waals surface area (Å²) in [5, 5.41) is 3.99. The minimum Gasteiger partial charge on any atom is -0.339 e. The molecule has 5 heteroatoms. The second-order valence-electron chi connectivity index (χ2n) is 5.64. The molecule has 0 bridgehead atoms. The number of aromatic nitrogens is 2. The monoisotopic (exact) mass is 275 g/mol. The number of benzene rings is 1. The Morgan fingerprint density at radius 3 is 2.60 bits per heavy atom. The van der Waals surface area contributed by atoms with Crippen molar-refractivity contribution in [2.24, 2.45) is 11.1 Å². The van der Waals surface area contributed by atoms with E-state index in [0.29, 0.717) is 24.7 Å². The van der Waals surface area contributed by atoms with E-state index in [1.165, 1.54) is 18.6 Å². The normalized spacial score (nSPS) is 16.9. The van der Waals surface area contributed by atoms with Crippen molar-refractivity contribution in [2.45, 2.75) is 32.1 Å². The molecule has 1 fully saturated rings. The Hall–Kier alpha value is -1.75. The molecule has 106 valence electrons. The predicted octanol–water partition coefficient (Wildman–Crippen LogP) is 2.47. The molecule has 1 aromatic carbocycles. The van der Waals surface area contributed by atoms with Gasteiger partial charge in [0.25, 0.3) is 0 Å². The summed E-state index contributed by atoms with van der Waals surface area (Å²) in [6, 6.07) is 6.35. The first-order chi connectivity index (χ1) is 9.69. The third-order valence-electron chi connectivity index (χ3n) is 4.16. The molecule has 0 radical (unpaired) electrons. The lowest BCUT2D eigenvalue weighted by Crippen LogP contribution is -2.39. The molecule has 1 heterocycles. The smallest absolute Gasteiger partial charge is 0.227 e. The number of rotatable bonds is 5. The first-order valence-corrected chi connectivity index (χ1v) is 6.95. The first-order valence-electron chi connectivity index (χ1n) is 6.95. The number of hydrogen-bond acceptors (Lipinski definition) is 4. The van der Waals surface area contributed by atoms with Crippen LogP contribution in [0.25, 0.3) is 0 Å². The molecular weight excluding hydrogens is 257 g/mol. The molecule has 0 aliphatic heterocycles. The summed E-state index contributed by atoms with van der Waals surface area (Å²) >= 11 is 0. The topological polar surface area (TPSA) is 64.9 Å². The van der Waals surface area contributed by atoms with E-state index in [-0.39, 0.29) is 11.2 Å². The van der Waals surface area contributed by atoms with Gasteiger partial charge in [0.15, 0.2) is 5.82 Å². The fourth-order valence-corrected chi connectivity index (χ4v) is 2.67. The van der Waals surface area contributed by atoms with Crippen molar-refractivity contribution in [1.29, 1.82) is 0 Å². The molecule has 20 heavy (non-hydrogen) atoms. The molecule has 0 unspecified atom stereocenters. The summed E-state index contributed by atoms with van der Waals surface area (Å²) in [6.07, 6.45) is 4.82. The highest BCUT2D eigenvalue weighted by atomic mass is 19.1. The molecule has 3 rings (SSSR count). The molecule has 1 aromatic heterocycles. The summed E-state index contributed by atoms with van der Waals surface area (Å²) in [7, 11) is 0. The predicted molar refractivity (Wildman–Crippen MR) is 72.5 cm³/mol. The van der Waals surface area contributed by atoms with E-state index >= 15 is 0 Å². The number of nitrogens with zero attached hydrogens (tertiary/aromatic N) is 2. The van der Waals surface area contributed by atoms with Crippen molar-refractivity contribution in [3.05, 3.63) is 47.4 Å². The lowest BCUT2D eigenvalue weighted by molar-refractivity contribution is 0.129. The van der Waals surface area contributed by atoms with Crippen LogP contribution in [0.4, 0.5) is 4.39 Å². The fourth-order valence-electron chi connectivity index (χ4n) is 2.67. The van der Waals surface area contributed by atoms with Crippen LogP contribution >= 0.6 is 0 Å². The maximum absolute atomic E-state index is 12.8. The van der Waals surface area contributed by atoms with Gasteiger partial charge in [0.05, 0.1) is 0 Å². The molecule has 1 saturated carbocycles. The SMILES string of the molecule is NCC1(Cc2nc(Cc3ccc(F)cc3)no2)CCC1. The molecule has 4 nitrogen and oxygen atoms in total. The van der Waals surface area contributed by atoms with Crippen LogP contribution < -0.4 is 5.73 Å². The van der Waals surface area contributed by atoms with Gasteiger partial charge in [-0.3, -0.25) is 0 Å². The molecule has 1 aliphatic carbocycles. The minimum absolute atomic E-state index is 0.166. The van der Waals surface area contributed by atoms with Gasteiger partial charge in [-0.1, -0.05) is 23.7 Å². The standard InChI is InChI=1S/C15H18FN3O/c16-12-4-2-11(3-5-12)8-13-18-14(20-19-13)9-15(10-17)6-1-7-15/h2-5H,1,6-10,17H2. The summed E-state index contributed by atoms with van der Waals surface area (Å²) in [5.74, 6) is 1.06. The van der Waals surface area contributed by atoms with Gasteiger partial charge < -0.3 is 10.3 Å². The Morgan fingerprint density at radius 2 is 2.00 bits per heavy atom. The molecular formula is C15H18FN3O. The van der Waals surface area contributed by atoms with Crippen molar-refractivity contribution in [2.75, 3.05) is 6.54 Å². The van der Waals surface area contributed by atoms with Crippen molar-refractivity contribution in [3.8, 4) is 0 Å². The first kappa shape index (κ1) is 13.2. The molecule has 0 saturated heterocycles. The zero-order valence-electron chi connectivity index (χ0n) is 11.3. The van der Waals surface area contributed by atoms with Crippen molar-refractivity contribution in [3.63, 3.8) is 0 Å². The van der Waals surface area contributed by atoms with Crippen LogP contribution in [0.15, 0.2) is 28.8 Å². The van der Waals surface area contributed by atoms with Gasteiger partial charge >= 0.3 is 0 Å². The quantitative estimate of drug-likeness (QED) is 0.910. The highest BCUT2D eigenvalue weighted by Gasteiger charge is 2.37. The summed E-state index contributed by atoms with van der Waals surface area (Å²) < 4.78 is 18.1. The Balaban J connectivity index is 1.66. The van der Waals surface area contributed by atoms with Gasteiger partial charge in [-0.2, -0.15) is 4.98 Å². The fraction of sp³-hybridized carbons (Fsp3) is 0.467. The zero-order valence-corrected chi connectivity index (χ0v) is 11.3. The van der Waals surface area contributed by atoms with Crippen LogP contribution in [0.3, 0.4) is 0 Å². The van der Waals surface area contributed by atoms with Crippen LogP contribution in [0.2, 0.25) is 0 Å². The highest BCUT2D eigenvalue weighted by Crippen LogP contribution is 2.42. The molecule has 1 aliphatic rings. The van der Waals surface area contributed by atoms with Crippen molar-refractivity contribution >= 4 is 0 Å². The molecule has 0 atom stereocenters. The number of hydrogen-bond donors (Lipinski definition) is 1. The molecule has 2 N–H and O–H groups in total. The van der Waals surface area contributed by atoms with Gasteiger partial charge in [0.2, 0.25) is 5.89 Å². The number of nitrogens with two attached hydrogens (primary N) is 1. The van der Waals surface area contributed by atoms with Crippen LogP contribution in [-0.4, -0.2) is 16.7 Å². The second kappa shape index (κ2) is 5.32. The summed E-state index contributed by atoms with van der Waals surface area (Å²) in [4.78, 5) is 4.42. The van der Waals surface area contributed by atoms with E-state index in [4.69, 9.17) is 10.3 Å². The van der Waals surface area contributed by atoms with Gasteiger partial charge in [0.1, 0.15) is 5.82 Å². The van der Waals surface area contributed by atoms with Crippen molar-refractivity contribution in [1.82, 2.24) is 10.1 Å². The van der Waals surface area contributed by atoms with Crippen LogP contribution in [0.1, 0.15) is 36.5 Å². The van der Waals surface area contributed by atoms with E-state index < -0.39 is 0 Å². The third-order valence-corrected chi connectivity index (χ3v) is 4.16. The Morgan fingerprint density at radius 1 is 1.25 bits per heavy atom. The van der Waals surface area contributed by atoms with E-state index in [0.717, 1.165) is 24.8 Å². The van der Waals surface area contributed by atoms with Crippen LogP contribution in [-0.2, 0) is 12.8 Å². The summed E-state index contributed by atoms with van der Waals surface area (Å²) in [6.45, 7) is 0.669. The molecule has 0 amide bonds. The Kier molecular flexibility index (Phi) is 3.53. The Labute approximate surface area is 117 Å². The minimum atomic E-state index is -0.238. The average molecular weight is 275 g/mol. The molecule has 0 spiro atoms. The maximum atomic E-state index is 12.8. The average Bonchev–Trinajstić information content (AvgIpc) is 2.84. The third kappa shape index (κ3) is 2.72. The second-order valence-corrected chi connectivity index (χ2v) is 5.64. The van der Waals surface area contributed by atoms with Crippen molar-refractivity contribution < 1.29 is 8.91 Å². The highest BCUT2D eigenvalue weighted by molar-refractivity contribution is 5.19. The lowest BCUT2D eigenvalue weighted by atomic mass is 9.67.